The fraction of sp³-hybridized carbons (Fsp3) is 0.857. The van der Waals surface area contributed by atoms with Crippen molar-refractivity contribution in [1.29, 1.82) is 0 Å². The molecule has 9 nitrogen and oxygen atoms in total. The monoisotopic (exact) mass is 517 g/mol. The zero-order valence-electron chi connectivity index (χ0n) is 24.0. The molecule has 0 bridgehead atoms. The molecular formula is C28H47N5O4. The van der Waals surface area contributed by atoms with Crippen molar-refractivity contribution in [1.82, 2.24) is 19.6 Å². The van der Waals surface area contributed by atoms with Crippen LogP contribution in [-0.4, -0.2) is 103 Å². The Kier molecular flexibility index (Phi) is 7.03. The minimum atomic E-state index is -0.449. The highest BCUT2D eigenvalue weighted by Gasteiger charge is 2.55. The highest BCUT2D eigenvalue weighted by atomic mass is 16.6. The summed E-state index contributed by atoms with van der Waals surface area (Å²) in [7, 11) is 1.81. The molecule has 9 heteroatoms. The summed E-state index contributed by atoms with van der Waals surface area (Å²) < 4.78 is 19.2. The molecule has 4 fully saturated rings. The smallest absolute Gasteiger partial charge is 0.410 e. The summed E-state index contributed by atoms with van der Waals surface area (Å²) in [6.07, 6.45) is 4.18. The van der Waals surface area contributed by atoms with E-state index in [0.29, 0.717) is 18.7 Å². The van der Waals surface area contributed by atoms with Gasteiger partial charge in [-0.1, -0.05) is 0 Å². The SMILES string of the molecule is COC[C@@]1(C)CN(C2CCOCC2)CCN1c1nn(C2CC3(C2)CN(C(=O)OC(C)(C)C)C3)c(C)c1C. The zero-order chi connectivity index (χ0) is 26.6. The lowest BCUT2D eigenvalue weighted by Crippen LogP contribution is -2.65. The number of ether oxygens (including phenoxy) is 3. The lowest BCUT2D eigenvalue weighted by molar-refractivity contribution is -0.0931. The van der Waals surface area contributed by atoms with Gasteiger partial charge in [0.05, 0.1) is 18.2 Å². The molecule has 1 spiro atoms. The normalized spacial score (nSPS) is 27.3. The van der Waals surface area contributed by atoms with Crippen LogP contribution < -0.4 is 4.90 Å². The van der Waals surface area contributed by atoms with Crippen molar-refractivity contribution in [3.63, 3.8) is 0 Å². The fourth-order valence-electron chi connectivity index (χ4n) is 7.05. The fourth-order valence-corrected chi connectivity index (χ4v) is 7.05. The van der Waals surface area contributed by atoms with Gasteiger partial charge in [0.2, 0.25) is 0 Å². The van der Waals surface area contributed by atoms with Crippen LogP contribution in [0, 0.1) is 19.3 Å². The van der Waals surface area contributed by atoms with E-state index in [2.05, 4.69) is 35.3 Å². The Morgan fingerprint density at radius 2 is 1.76 bits per heavy atom. The Balaban J connectivity index is 1.25. The second kappa shape index (κ2) is 9.72. The highest BCUT2D eigenvalue weighted by Crippen LogP contribution is 2.55. The van der Waals surface area contributed by atoms with Crippen LogP contribution in [0.25, 0.3) is 0 Å². The van der Waals surface area contributed by atoms with Crippen molar-refractivity contribution in [3.8, 4) is 0 Å². The van der Waals surface area contributed by atoms with Gasteiger partial charge in [0.1, 0.15) is 5.60 Å². The summed E-state index contributed by atoms with van der Waals surface area (Å²) in [5, 5.41) is 5.24. The number of anilines is 1. The Hall–Kier alpha value is -1.84. The maximum absolute atomic E-state index is 12.4. The number of methoxy groups -OCH3 is 1. The molecular weight excluding hydrogens is 470 g/mol. The number of rotatable bonds is 5. The minimum absolute atomic E-state index is 0.135. The van der Waals surface area contributed by atoms with Crippen LogP contribution in [0.2, 0.25) is 0 Å². The number of aromatic nitrogens is 2. The van der Waals surface area contributed by atoms with Crippen molar-refractivity contribution >= 4 is 11.9 Å². The molecule has 4 aliphatic rings. The van der Waals surface area contributed by atoms with Crippen LogP contribution >= 0.6 is 0 Å². The number of carbonyl (C=O) groups is 1. The van der Waals surface area contributed by atoms with E-state index in [-0.39, 0.29) is 17.0 Å². The van der Waals surface area contributed by atoms with Gasteiger partial charge in [0.25, 0.3) is 0 Å². The molecule has 0 N–H and O–H groups in total. The Bertz CT molecular complexity index is 983. The van der Waals surface area contributed by atoms with Gasteiger partial charge in [0.15, 0.2) is 5.82 Å². The summed E-state index contributed by atoms with van der Waals surface area (Å²) in [4.78, 5) is 19.4. The maximum Gasteiger partial charge on any atom is 0.410 e. The van der Waals surface area contributed by atoms with E-state index < -0.39 is 5.60 Å². The number of likely N-dealkylation sites (tertiary alicyclic amines) is 1. The first kappa shape index (κ1) is 26.8. The van der Waals surface area contributed by atoms with Crippen molar-refractivity contribution in [2.24, 2.45) is 5.41 Å². The number of hydrogen-bond donors (Lipinski definition) is 0. The van der Waals surface area contributed by atoms with Crippen molar-refractivity contribution in [3.05, 3.63) is 11.3 Å². The van der Waals surface area contributed by atoms with E-state index in [4.69, 9.17) is 19.3 Å². The highest BCUT2D eigenvalue weighted by molar-refractivity contribution is 5.69. The molecule has 37 heavy (non-hydrogen) atoms. The first-order valence-corrected chi connectivity index (χ1v) is 14.1. The zero-order valence-corrected chi connectivity index (χ0v) is 24.0. The third-order valence-corrected chi connectivity index (χ3v) is 9.04. The van der Waals surface area contributed by atoms with E-state index in [1.165, 1.54) is 11.3 Å². The average molecular weight is 518 g/mol. The van der Waals surface area contributed by atoms with E-state index in [0.717, 1.165) is 77.4 Å². The molecule has 0 aromatic carbocycles. The van der Waals surface area contributed by atoms with Crippen LogP contribution in [0.4, 0.5) is 10.6 Å². The molecule has 3 saturated heterocycles. The third kappa shape index (κ3) is 5.11. The summed E-state index contributed by atoms with van der Waals surface area (Å²) in [5.41, 5.74) is 2.17. The van der Waals surface area contributed by atoms with Crippen molar-refractivity contribution in [2.45, 2.75) is 90.4 Å². The minimum Gasteiger partial charge on any atom is -0.444 e. The molecule has 1 saturated carbocycles. The lowest BCUT2D eigenvalue weighted by Gasteiger charge is -2.58. The van der Waals surface area contributed by atoms with Gasteiger partial charge in [-0.25, -0.2) is 4.79 Å². The predicted molar refractivity (Wildman–Crippen MR) is 143 cm³/mol. The first-order chi connectivity index (χ1) is 17.4. The van der Waals surface area contributed by atoms with E-state index in [9.17, 15) is 4.79 Å². The van der Waals surface area contributed by atoms with Crippen molar-refractivity contribution < 1.29 is 19.0 Å². The summed E-state index contributed by atoms with van der Waals surface area (Å²) in [6, 6.07) is 0.992. The van der Waals surface area contributed by atoms with Crippen LogP contribution in [0.5, 0.6) is 0 Å². The Morgan fingerprint density at radius 1 is 1.08 bits per heavy atom. The van der Waals surface area contributed by atoms with Gasteiger partial charge in [-0.05, 0) is 67.2 Å². The number of nitrogens with zero attached hydrogens (tertiary/aromatic N) is 5. The third-order valence-electron chi connectivity index (χ3n) is 9.04. The Morgan fingerprint density at radius 3 is 2.38 bits per heavy atom. The number of carbonyl (C=O) groups excluding carboxylic acids is 1. The predicted octanol–water partition coefficient (Wildman–Crippen LogP) is 3.78. The quantitative estimate of drug-likeness (QED) is 0.589. The lowest BCUT2D eigenvalue weighted by atomic mass is 9.61. The first-order valence-electron chi connectivity index (χ1n) is 14.1. The van der Waals surface area contributed by atoms with Crippen LogP contribution in [0.15, 0.2) is 0 Å². The van der Waals surface area contributed by atoms with Crippen LogP contribution in [0.1, 0.15) is 70.7 Å². The number of hydrogen-bond acceptors (Lipinski definition) is 7. The summed E-state index contributed by atoms with van der Waals surface area (Å²) in [5.74, 6) is 1.11. The molecule has 0 radical (unpaired) electrons. The van der Waals surface area contributed by atoms with Gasteiger partial charge in [-0.2, -0.15) is 5.10 Å². The summed E-state index contributed by atoms with van der Waals surface area (Å²) >= 11 is 0. The van der Waals surface area contributed by atoms with Crippen LogP contribution in [-0.2, 0) is 14.2 Å². The molecule has 0 unspecified atom stereocenters. The second-order valence-corrected chi connectivity index (χ2v) is 13.3. The molecule has 4 heterocycles. The summed E-state index contributed by atoms with van der Waals surface area (Å²) in [6.45, 7) is 19.5. The molecule has 5 rings (SSSR count). The van der Waals surface area contributed by atoms with Crippen molar-refractivity contribution in [2.75, 3.05) is 64.6 Å². The molecule has 1 aromatic rings. The van der Waals surface area contributed by atoms with Gasteiger partial charge < -0.3 is 24.0 Å². The molecule has 208 valence electrons. The number of amides is 1. The Labute approximate surface area is 222 Å². The van der Waals surface area contributed by atoms with E-state index >= 15 is 0 Å². The molecule has 1 amide bonds. The van der Waals surface area contributed by atoms with E-state index in [1.807, 2.05) is 25.7 Å². The van der Waals surface area contributed by atoms with Gasteiger partial charge >= 0.3 is 6.09 Å². The average Bonchev–Trinajstić information content (AvgIpc) is 3.05. The topological polar surface area (TPSA) is 72.3 Å². The standard InChI is InChI=1S/C28H47N5O4/c1-20-21(2)33(23-14-28(15-23)17-31(18-28)25(34)37-26(3,4)5)29-24(20)32-11-10-30(16-27(32,6)19-35-7)22-8-12-36-13-9-22/h22-23H,8-19H2,1-7H3/t27-/m1/s1. The van der Waals surface area contributed by atoms with Crippen LogP contribution in [0.3, 0.4) is 0 Å². The molecule has 3 aliphatic heterocycles. The van der Waals surface area contributed by atoms with E-state index in [1.54, 1.807) is 7.11 Å². The number of piperazine rings is 1. The molecule has 1 atom stereocenters. The second-order valence-electron chi connectivity index (χ2n) is 13.3. The largest absolute Gasteiger partial charge is 0.444 e. The van der Waals surface area contributed by atoms with Gasteiger partial charge in [-0.3, -0.25) is 9.58 Å². The molecule has 1 aliphatic carbocycles. The maximum atomic E-state index is 12.4. The van der Waals surface area contributed by atoms with Gasteiger partial charge in [-0.15, -0.1) is 0 Å². The molecule has 1 aromatic heterocycles. The van der Waals surface area contributed by atoms with Gasteiger partial charge in [0, 0.05) is 75.8 Å².